The van der Waals surface area contributed by atoms with Gasteiger partial charge in [-0.15, -0.1) is 0 Å². The van der Waals surface area contributed by atoms with Crippen molar-refractivity contribution in [1.82, 2.24) is 5.32 Å². The van der Waals surface area contributed by atoms with Gasteiger partial charge in [0.25, 0.3) is 0 Å². The van der Waals surface area contributed by atoms with Gasteiger partial charge in [0.2, 0.25) is 5.91 Å². The number of benzene rings is 1. The fraction of sp³-hybridized carbons (Fsp3) is 0.562. The van der Waals surface area contributed by atoms with Crippen molar-refractivity contribution in [2.45, 2.75) is 39.2 Å². The van der Waals surface area contributed by atoms with Gasteiger partial charge in [-0.25, -0.2) is 0 Å². The van der Waals surface area contributed by atoms with E-state index in [-0.39, 0.29) is 11.9 Å². The van der Waals surface area contributed by atoms with Crippen LogP contribution >= 0.6 is 0 Å². The molecule has 3 nitrogen and oxygen atoms in total. The number of nitrogens with two attached hydrogens (primary N) is 1. The highest BCUT2D eigenvalue weighted by atomic mass is 16.2. The molecule has 1 aliphatic rings. The minimum Gasteiger partial charge on any atom is -0.351 e. The quantitative estimate of drug-likeness (QED) is 0.823. The summed E-state index contributed by atoms with van der Waals surface area (Å²) in [6.07, 6.45) is 3.14. The van der Waals surface area contributed by atoms with Crippen molar-refractivity contribution >= 4 is 5.91 Å². The fourth-order valence-corrected chi connectivity index (χ4v) is 2.42. The molecule has 19 heavy (non-hydrogen) atoms. The van der Waals surface area contributed by atoms with E-state index < -0.39 is 5.41 Å². The van der Waals surface area contributed by atoms with Gasteiger partial charge in [-0.2, -0.15) is 0 Å². The lowest BCUT2D eigenvalue weighted by Gasteiger charge is -2.27. The minimum atomic E-state index is -0.399. The Bertz CT molecular complexity index is 424. The predicted molar refractivity (Wildman–Crippen MR) is 77.6 cm³/mol. The Labute approximate surface area is 115 Å². The molecule has 1 unspecified atom stereocenters. The van der Waals surface area contributed by atoms with Crippen LogP contribution in [0.3, 0.4) is 0 Å². The first kappa shape index (κ1) is 14.1. The second-order valence-electron chi connectivity index (χ2n) is 6.20. The van der Waals surface area contributed by atoms with Crippen molar-refractivity contribution in [2.24, 2.45) is 17.1 Å². The van der Waals surface area contributed by atoms with E-state index in [1.54, 1.807) is 0 Å². The summed E-state index contributed by atoms with van der Waals surface area (Å²) in [5.41, 5.74) is 6.54. The van der Waals surface area contributed by atoms with Crippen molar-refractivity contribution < 1.29 is 4.79 Å². The summed E-state index contributed by atoms with van der Waals surface area (Å²) in [7, 11) is 0. The molecule has 0 radical (unpaired) electrons. The number of hydrogen-bond acceptors (Lipinski definition) is 2. The Kier molecular flexibility index (Phi) is 4.25. The maximum Gasteiger partial charge on any atom is 0.226 e. The molecule has 0 aromatic heterocycles. The Balaban J connectivity index is 1.96. The first-order valence-corrected chi connectivity index (χ1v) is 7.08. The molecule has 0 aliphatic heterocycles. The van der Waals surface area contributed by atoms with Gasteiger partial charge in [-0.05, 0) is 30.7 Å². The predicted octanol–water partition coefficient (Wildman–Crippen LogP) is 2.11. The average Bonchev–Trinajstić information content (AvgIpc) is 3.20. The van der Waals surface area contributed by atoms with Crippen LogP contribution in [0.15, 0.2) is 30.3 Å². The third kappa shape index (κ3) is 3.80. The topological polar surface area (TPSA) is 55.1 Å². The fourth-order valence-electron chi connectivity index (χ4n) is 2.42. The van der Waals surface area contributed by atoms with Crippen LogP contribution in [0.1, 0.15) is 32.3 Å². The SMILES string of the molecule is CC(C)(Cc1ccccc1)C(=O)NC(CN)C1CC1. The monoisotopic (exact) mass is 260 g/mol. The summed E-state index contributed by atoms with van der Waals surface area (Å²) in [5.74, 6) is 0.708. The summed E-state index contributed by atoms with van der Waals surface area (Å²) in [6.45, 7) is 4.53. The van der Waals surface area contributed by atoms with Crippen LogP contribution in [0.4, 0.5) is 0 Å². The van der Waals surface area contributed by atoms with Gasteiger partial charge in [0, 0.05) is 18.0 Å². The standard InChI is InChI=1S/C16H24N2O/c1-16(2,10-12-6-4-3-5-7-12)15(19)18-14(11-17)13-8-9-13/h3-7,13-14H,8-11,17H2,1-2H3,(H,18,19). The zero-order valence-corrected chi connectivity index (χ0v) is 11.9. The summed E-state index contributed by atoms with van der Waals surface area (Å²) >= 11 is 0. The van der Waals surface area contributed by atoms with Crippen LogP contribution in [0.2, 0.25) is 0 Å². The highest BCUT2D eigenvalue weighted by molar-refractivity contribution is 5.82. The number of rotatable bonds is 6. The van der Waals surface area contributed by atoms with Crippen molar-refractivity contribution in [3.63, 3.8) is 0 Å². The van der Waals surface area contributed by atoms with Gasteiger partial charge in [0.05, 0.1) is 0 Å². The lowest BCUT2D eigenvalue weighted by Crippen LogP contribution is -2.47. The number of nitrogens with one attached hydrogen (secondary N) is 1. The maximum absolute atomic E-state index is 12.4. The Morgan fingerprint density at radius 1 is 1.37 bits per heavy atom. The molecule has 2 rings (SSSR count). The first-order chi connectivity index (χ1) is 9.03. The largest absolute Gasteiger partial charge is 0.351 e. The third-order valence-corrected chi connectivity index (χ3v) is 3.87. The molecule has 3 heteroatoms. The van der Waals surface area contributed by atoms with Crippen molar-refractivity contribution in [1.29, 1.82) is 0 Å². The summed E-state index contributed by atoms with van der Waals surface area (Å²) in [6, 6.07) is 10.3. The van der Waals surface area contributed by atoms with Gasteiger partial charge in [-0.3, -0.25) is 4.79 Å². The van der Waals surface area contributed by atoms with Gasteiger partial charge in [0.1, 0.15) is 0 Å². The van der Waals surface area contributed by atoms with Crippen LogP contribution in [-0.4, -0.2) is 18.5 Å². The van der Waals surface area contributed by atoms with Crippen LogP contribution in [0.25, 0.3) is 0 Å². The van der Waals surface area contributed by atoms with Crippen molar-refractivity contribution in [2.75, 3.05) is 6.54 Å². The minimum absolute atomic E-state index is 0.110. The molecule has 104 valence electrons. The van der Waals surface area contributed by atoms with E-state index in [9.17, 15) is 4.79 Å². The second-order valence-corrected chi connectivity index (χ2v) is 6.20. The average molecular weight is 260 g/mol. The van der Waals surface area contributed by atoms with Crippen LogP contribution in [-0.2, 0) is 11.2 Å². The second kappa shape index (κ2) is 5.74. The van der Waals surface area contributed by atoms with E-state index in [0.29, 0.717) is 12.5 Å². The molecule has 1 saturated carbocycles. The van der Waals surface area contributed by atoms with Crippen LogP contribution < -0.4 is 11.1 Å². The van der Waals surface area contributed by atoms with Crippen LogP contribution in [0, 0.1) is 11.3 Å². The van der Waals surface area contributed by atoms with E-state index in [4.69, 9.17) is 5.73 Å². The highest BCUT2D eigenvalue weighted by Crippen LogP contribution is 2.33. The molecule has 1 amide bonds. The normalized spacial score (nSPS) is 17.0. The van der Waals surface area contributed by atoms with E-state index >= 15 is 0 Å². The molecule has 1 fully saturated rings. The smallest absolute Gasteiger partial charge is 0.226 e. The number of amides is 1. The van der Waals surface area contributed by atoms with Gasteiger partial charge in [0.15, 0.2) is 0 Å². The highest BCUT2D eigenvalue weighted by Gasteiger charge is 2.35. The number of carbonyl (C=O) groups excluding carboxylic acids is 1. The molecule has 1 aliphatic carbocycles. The number of hydrogen-bond donors (Lipinski definition) is 2. The first-order valence-electron chi connectivity index (χ1n) is 7.08. The van der Waals surface area contributed by atoms with Gasteiger partial charge >= 0.3 is 0 Å². The van der Waals surface area contributed by atoms with Gasteiger partial charge < -0.3 is 11.1 Å². The molecule has 1 atom stereocenters. The molecular weight excluding hydrogens is 236 g/mol. The lowest BCUT2D eigenvalue weighted by molar-refractivity contribution is -0.130. The Morgan fingerprint density at radius 3 is 2.53 bits per heavy atom. The Morgan fingerprint density at radius 2 is 2.00 bits per heavy atom. The summed E-state index contributed by atoms with van der Waals surface area (Å²) in [5, 5.41) is 3.13. The summed E-state index contributed by atoms with van der Waals surface area (Å²) < 4.78 is 0. The van der Waals surface area contributed by atoms with E-state index in [1.165, 1.54) is 18.4 Å². The molecule has 0 heterocycles. The zero-order chi connectivity index (χ0) is 13.9. The lowest BCUT2D eigenvalue weighted by atomic mass is 9.84. The van der Waals surface area contributed by atoms with Crippen molar-refractivity contribution in [3.8, 4) is 0 Å². The zero-order valence-electron chi connectivity index (χ0n) is 11.9. The molecule has 0 bridgehead atoms. The van der Waals surface area contributed by atoms with Crippen LogP contribution in [0.5, 0.6) is 0 Å². The molecule has 3 N–H and O–H groups in total. The van der Waals surface area contributed by atoms with E-state index in [2.05, 4.69) is 17.4 Å². The third-order valence-electron chi connectivity index (χ3n) is 3.87. The van der Waals surface area contributed by atoms with Gasteiger partial charge in [-0.1, -0.05) is 44.2 Å². The molecule has 0 spiro atoms. The maximum atomic E-state index is 12.4. The number of carbonyl (C=O) groups is 1. The molecular formula is C16H24N2O. The van der Waals surface area contributed by atoms with E-state index in [1.807, 2.05) is 32.0 Å². The molecule has 1 aromatic rings. The summed E-state index contributed by atoms with van der Waals surface area (Å²) in [4.78, 5) is 12.4. The van der Waals surface area contributed by atoms with Crippen molar-refractivity contribution in [3.05, 3.63) is 35.9 Å². The molecule has 0 saturated heterocycles. The molecule has 1 aromatic carbocycles. The Hall–Kier alpha value is -1.35. The van der Waals surface area contributed by atoms with E-state index in [0.717, 1.165) is 6.42 Å².